The second-order valence-corrected chi connectivity index (χ2v) is 8.21. The van der Waals surface area contributed by atoms with Gasteiger partial charge in [0.2, 0.25) is 0 Å². The van der Waals surface area contributed by atoms with Crippen molar-refractivity contribution in [3.8, 4) is 0 Å². The maximum absolute atomic E-state index is 12.5. The van der Waals surface area contributed by atoms with E-state index in [2.05, 4.69) is 6.08 Å². The number of rotatable bonds is 3. The molecule has 1 fully saturated rings. The minimum atomic E-state index is -0.186. The summed E-state index contributed by atoms with van der Waals surface area (Å²) in [6.45, 7) is 0. The van der Waals surface area contributed by atoms with Gasteiger partial charge in [0.25, 0.3) is 5.91 Å². The molecule has 3 nitrogen and oxygen atoms in total. The van der Waals surface area contributed by atoms with Crippen LogP contribution in [0.5, 0.6) is 0 Å². The average molecular weight is 434 g/mol. The third-order valence-corrected chi connectivity index (χ3v) is 6.03. The fourth-order valence-corrected chi connectivity index (χ4v) is 4.40. The quantitative estimate of drug-likeness (QED) is 0.519. The van der Waals surface area contributed by atoms with Crippen LogP contribution < -0.4 is 0 Å². The zero-order valence-corrected chi connectivity index (χ0v) is 17.4. The summed E-state index contributed by atoms with van der Waals surface area (Å²) in [5.74, 6) is -0.126. The van der Waals surface area contributed by atoms with Crippen LogP contribution in [-0.2, 0) is 4.79 Å². The molecule has 0 spiro atoms. The number of carbonyl (C=O) groups is 1. The van der Waals surface area contributed by atoms with Crippen LogP contribution in [0.15, 0.2) is 59.2 Å². The Kier molecular flexibility index (Phi) is 5.77. The number of allylic oxidation sites excluding steroid dienone is 1. The number of halogens is 3. The smallest absolute Gasteiger partial charge is 0.258 e. The summed E-state index contributed by atoms with van der Waals surface area (Å²) in [4.78, 5) is 12.5. The van der Waals surface area contributed by atoms with Crippen LogP contribution in [0.2, 0.25) is 10.0 Å². The first-order valence-electron chi connectivity index (χ1n) is 9.25. The summed E-state index contributed by atoms with van der Waals surface area (Å²) in [5.41, 5.74) is 4.26. The Hall–Kier alpha value is -1.81. The SMILES string of the molecule is O=C(CCl)N1N=C2C(=Cc3ccc(Cl)cc3)CCCC2C1c1ccc(Cl)cc1. The Morgan fingerprint density at radius 3 is 2.36 bits per heavy atom. The third kappa shape index (κ3) is 3.84. The van der Waals surface area contributed by atoms with Crippen LogP contribution in [0.4, 0.5) is 0 Å². The zero-order chi connectivity index (χ0) is 19.7. The number of hydrazone groups is 1. The summed E-state index contributed by atoms with van der Waals surface area (Å²) in [5, 5.41) is 7.69. The minimum absolute atomic E-state index is 0.0934. The van der Waals surface area contributed by atoms with Gasteiger partial charge in [0.1, 0.15) is 5.88 Å². The van der Waals surface area contributed by atoms with Gasteiger partial charge in [-0.25, -0.2) is 5.01 Å². The molecular formula is C22H19Cl3N2O. The molecular weight excluding hydrogens is 415 g/mol. The number of hydrogen-bond acceptors (Lipinski definition) is 2. The maximum Gasteiger partial charge on any atom is 0.258 e. The molecule has 28 heavy (non-hydrogen) atoms. The summed E-state index contributed by atoms with van der Waals surface area (Å²) in [6, 6.07) is 15.2. The van der Waals surface area contributed by atoms with Crippen LogP contribution in [0.1, 0.15) is 36.4 Å². The lowest BCUT2D eigenvalue weighted by molar-refractivity contribution is -0.130. The summed E-state index contributed by atoms with van der Waals surface area (Å²) in [6.07, 6.45) is 5.12. The molecule has 0 aromatic heterocycles. The number of hydrogen-bond donors (Lipinski definition) is 0. The normalized spacial score (nSPS) is 22.9. The minimum Gasteiger partial charge on any atom is -0.272 e. The largest absolute Gasteiger partial charge is 0.272 e. The van der Waals surface area contributed by atoms with E-state index in [0.717, 1.165) is 36.1 Å². The Morgan fingerprint density at radius 2 is 1.71 bits per heavy atom. The molecule has 1 amide bonds. The molecule has 4 rings (SSSR count). The fraction of sp³-hybridized carbons (Fsp3) is 0.273. The van der Waals surface area contributed by atoms with E-state index >= 15 is 0 Å². The van der Waals surface area contributed by atoms with Crippen molar-refractivity contribution in [1.29, 1.82) is 0 Å². The van der Waals surface area contributed by atoms with Crippen LogP contribution in [0, 0.1) is 5.92 Å². The van der Waals surface area contributed by atoms with Gasteiger partial charge >= 0.3 is 0 Å². The van der Waals surface area contributed by atoms with Crippen molar-refractivity contribution >= 4 is 52.5 Å². The van der Waals surface area contributed by atoms with Crippen LogP contribution in [0.3, 0.4) is 0 Å². The summed E-state index contributed by atoms with van der Waals surface area (Å²) < 4.78 is 0. The molecule has 1 heterocycles. The Labute approximate surface area is 179 Å². The Bertz CT molecular complexity index is 935. The number of benzene rings is 2. The monoisotopic (exact) mass is 432 g/mol. The zero-order valence-electron chi connectivity index (χ0n) is 15.1. The molecule has 2 aliphatic rings. The van der Waals surface area contributed by atoms with Crippen LogP contribution >= 0.6 is 34.8 Å². The fourth-order valence-electron chi connectivity index (χ4n) is 4.02. The highest BCUT2D eigenvalue weighted by molar-refractivity contribution is 6.31. The van der Waals surface area contributed by atoms with Crippen molar-refractivity contribution in [3.63, 3.8) is 0 Å². The summed E-state index contributed by atoms with van der Waals surface area (Å²) >= 11 is 17.9. The molecule has 0 radical (unpaired) electrons. The predicted molar refractivity (Wildman–Crippen MR) is 116 cm³/mol. The first-order valence-corrected chi connectivity index (χ1v) is 10.5. The van der Waals surface area contributed by atoms with Crippen LogP contribution in [-0.4, -0.2) is 22.5 Å². The van der Waals surface area contributed by atoms with Crippen molar-refractivity contribution in [2.45, 2.75) is 25.3 Å². The van der Waals surface area contributed by atoms with Crippen molar-refractivity contribution in [1.82, 2.24) is 5.01 Å². The Balaban J connectivity index is 1.73. The molecule has 144 valence electrons. The van der Waals surface area contributed by atoms with Gasteiger partial charge in [-0.2, -0.15) is 5.10 Å². The third-order valence-electron chi connectivity index (χ3n) is 5.29. The van der Waals surface area contributed by atoms with Gasteiger partial charge in [0.15, 0.2) is 0 Å². The van der Waals surface area contributed by atoms with Gasteiger partial charge in [-0.05, 0) is 66.3 Å². The van der Waals surface area contributed by atoms with E-state index in [0.29, 0.717) is 10.0 Å². The highest BCUT2D eigenvalue weighted by Crippen LogP contribution is 2.44. The maximum atomic E-state index is 12.5. The molecule has 2 unspecified atom stereocenters. The van der Waals surface area contributed by atoms with E-state index in [1.807, 2.05) is 48.5 Å². The molecule has 2 atom stereocenters. The number of amides is 1. The molecule has 2 aromatic carbocycles. The van der Waals surface area contributed by atoms with E-state index in [4.69, 9.17) is 39.9 Å². The lowest BCUT2D eigenvalue weighted by atomic mass is 9.77. The highest BCUT2D eigenvalue weighted by Gasteiger charge is 2.43. The molecule has 0 N–H and O–H groups in total. The number of carbonyl (C=O) groups excluding carboxylic acids is 1. The van der Waals surface area contributed by atoms with Gasteiger partial charge in [-0.1, -0.05) is 47.5 Å². The van der Waals surface area contributed by atoms with Gasteiger partial charge in [-0.15, -0.1) is 11.6 Å². The van der Waals surface area contributed by atoms with Gasteiger partial charge < -0.3 is 0 Å². The van der Waals surface area contributed by atoms with Gasteiger partial charge in [0.05, 0.1) is 11.8 Å². The molecule has 1 aliphatic carbocycles. The average Bonchev–Trinajstić information content (AvgIpc) is 3.10. The lowest BCUT2D eigenvalue weighted by Crippen LogP contribution is -2.32. The number of alkyl halides is 1. The molecule has 6 heteroatoms. The first kappa shape index (κ1) is 19.5. The first-order chi connectivity index (χ1) is 13.6. The van der Waals surface area contributed by atoms with Crippen LogP contribution in [0.25, 0.3) is 6.08 Å². The van der Waals surface area contributed by atoms with E-state index in [9.17, 15) is 4.79 Å². The molecule has 0 saturated heterocycles. The number of fused-ring (bicyclic) bond motifs is 1. The summed E-state index contributed by atoms with van der Waals surface area (Å²) in [7, 11) is 0. The molecule has 0 bridgehead atoms. The lowest BCUT2D eigenvalue weighted by Gasteiger charge is -2.29. The standard InChI is InChI=1S/C22H19Cl3N2O/c23-13-20(28)27-22(15-6-10-18(25)11-7-15)19-3-1-2-16(21(19)26-27)12-14-4-8-17(24)9-5-14/h4-12,19,22H,1-3,13H2. The van der Waals surface area contributed by atoms with Crippen molar-refractivity contribution < 1.29 is 4.79 Å². The van der Waals surface area contributed by atoms with E-state index in [-0.39, 0.29) is 23.7 Å². The topological polar surface area (TPSA) is 32.7 Å². The predicted octanol–water partition coefficient (Wildman–Crippen LogP) is 6.36. The molecule has 1 aliphatic heterocycles. The van der Waals surface area contributed by atoms with Crippen molar-refractivity contribution in [2.75, 3.05) is 5.88 Å². The second-order valence-electron chi connectivity index (χ2n) is 7.07. The molecule has 2 aromatic rings. The van der Waals surface area contributed by atoms with Crippen molar-refractivity contribution in [3.05, 3.63) is 75.3 Å². The van der Waals surface area contributed by atoms with Gasteiger partial charge in [0, 0.05) is 16.0 Å². The van der Waals surface area contributed by atoms with E-state index < -0.39 is 0 Å². The van der Waals surface area contributed by atoms with E-state index in [1.54, 1.807) is 5.01 Å². The number of nitrogens with zero attached hydrogens (tertiary/aromatic N) is 2. The second kappa shape index (κ2) is 8.28. The highest BCUT2D eigenvalue weighted by atomic mass is 35.5. The van der Waals surface area contributed by atoms with Gasteiger partial charge in [-0.3, -0.25) is 4.79 Å². The van der Waals surface area contributed by atoms with Crippen molar-refractivity contribution in [2.24, 2.45) is 11.0 Å². The Morgan fingerprint density at radius 1 is 1.07 bits per heavy atom. The van der Waals surface area contributed by atoms with E-state index in [1.165, 1.54) is 5.57 Å². The molecule has 1 saturated carbocycles.